The molecule has 43 heavy (non-hydrogen) atoms. The summed E-state index contributed by atoms with van der Waals surface area (Å²) in [7, 11) is 0. The normalized spacial score (nSPS) is 19.8. The first kappa shape index (κ1) is 29.0. The summed E-state index contributed by atoms with van der Waals surface area (Å²) < 4.78 is 47.5. The molecule has 2 saturated heterocycles. The van der Waals surface area contributed by atoms with Crippen LogP contribution in [0.1, 0.15) is 43.9 Å². The number of aryl methyl sites for hydroxylation is 1. The maximum atomic E-state index is 13.2. The molecule has 2 N–H and O–H groups in total. The number of hydrogen-bond donors (Lipinski definition) is 2. The Morgan fingerprint density at radius 1 is 1.09 bits per heavy atom. The van der Waals surface area contributed by atoms with E-state index < -0.39 is 12.1 Å². The Labute approximate surface area is 246 Å². The van der Waals surface area contributed by atoms with E-state index in [1.807, 2.05) is 29.7 Å². The summed E-state index contributed by atoms with van der Waals surface area (Å²) in [5.41, 5.74) is 4.80. The lowest BCUT2D eigenvalue weighted by molar-refractivity contribution is -0.186. The largest absolute Gasteiger partial charge is 0.393 e. The molecule has 13 heteroatoms. The number of hydrogen-bond acceptors (Lipinski definition) is 8. The summed E-state index contributed by atoms with van der Waals surface area (Å²) in [5.74, 6) is -1.22. The molecule has 2 aliphatic heterocycles. The number of pyridine rings is 1. The monoisotopic (exact) mass is 594 g/mol. The number of alkyl halides is 3. The van der Waals surface area contributed by atoms with Crippen LogP contribution in [0.3, 0.4) is 0 Å². The fraction of sp³-hybridized carbons (Fsp3) is 0.433. The minimum atomic E-state index is -4.25. The van der Waals surface area contributed by atoms with Crippen molar-refractivity contribution >= 4 is 34.3 Å². The highest BCUT2D eigenvalue weighted by molar-refractivity contribution is 5.94. The van der Waals surface area contributed by atoms with Crippen LogP contribution in [0.4, 0.5) is 30.4 Å². The lowest BCUT2D eigenvalue weighted by atomic mass is 9.97. The van der Waals surface area contributed by atoms with Gasteiger partial charge in [-0.1, -0.05) is 6.07 Å². The SMILES string of the molecule is Cc1ccc(NC(=O)CN2CCCC(C(F)(F)F)C2)cc1Nc1ncccc1-c1ncnc2c1ncn2C1CCCCO1. The van der Waals surface area contributed by atoms with Crippen LogP contribution >= 0.6 is 0 Å². The van der Waals surface area contributed by atoms with Crippen molar-refractivity contribution in [2.24, 2.45) is 5.92 Å². The number of imidazole rings is 1. The van der Waals surface area contributed by atoms with Crippen LogP contribution in [-0.4, -0.2) is 67.7 Å². The van der Waals surface area contributed by atoms with Crippen molar-refractivity contribution in [2.45, 2.75) is 51.4 Å². The van der Waals surface area contributed by atoms with E-state index in [0.717, 1.165) is 30.4 Å². The summed E-state index contributed by atoms with van der Waals surface area (Å²) in [6.07, 6.45) is 4.08. The number of nitrogens with one attached hydrogen (secondary N) is 2. The van der Waals surface area contributed by atoms with Gasteiger partial charge in [0.05, 0.1) is 18.8 Å². The van der Waals surface area contributed by atoms with Gasteiger partial charge < -0.3 is 15.4 Å². The van der Waals surface area contributed by atoms with Crippen LogP contribution in [0.5, 0.6) is 0 Å². The summed E-state index contributed by atoms with van der Waals surface area (Å²) >= 11 is 0. The second-order valence-electron chi connectivity index (χ2n) is 11.1. The van der Waals surface area contributed by atoms with Crippen LogP contribution in [-0.2, 0) is 9.53 Å². The van der Waals surface area contributed by atoms with Crippen molar-refractivity contribution in [2.75, 3.05) is 36.9 Å². The Bertz CT molecular complexity index is 1600. The van der Waals surface area contributed by atoms with Gasteiger partial charge in [0, 0.05) is 36.3 Å². The lowest BCUT2D eigenvalue weighted by Gasteiger charge is -2.33. The average molecular weight is 595 g/mol. The molecule has 0 saturated carbocycles. The fourth-order valence-electron chi connectivity index (χ4n) is 5.73. The molecule has 5 heterocycles. The van der Waals surface area contributed by atoms with Crippen molar-refractivity contribution in [3.8, 4) is 11.3 Å². The van der Waals surface area contributed by atoms with Gasteiger partial charge >= 0.3 is 6.18 Å². The van der Waals surface area contributed by atoms with Crippen molar-refractivity contribution in [3.63, 3.8) is 0 Å². The van der Waals surface area contributed by atoms with Gasteiger partial charge in [0.1, 0.15) is 29.6 Å². The number of carbonyl (C=O) groups is 1. The van der Waals surface area contributed by atoms with Crippen molar-refractivity contribution in [3.05, 3.63) is 54.7 Å². The zero-order valence-electron chi connectivity index (χ0n) is 23.8. The predicted molar refractivity (Wildman–Crippen MR) is 156 cm³/mol. The highest BCUT2D eigenvalue weighted by Gasteiger charge is 2.42. The summed E-state index contributed by atoms with van der Waals surface area (Å²) in [4.78, 5) is 32.6. The Morgan fingerprint density at radius 3 is 2.79 bits per heavy atom. The number of nitrogens with zero attached hydrogens (tertiary/aromatic N) is 6. The number of anilines is 3. The van der Waals surface area contributed by atoms with Gasteiger partial charge in [-0.05, 0) is 75.4 Å². The van der Waals surface area contributed by atoms with Crippen LogP contribution in [0.25, 0.3) is 22.4 Å². The smallest absolute Gasteiger partial charge is 0.358 e. The van der Waals surface area contributed by atoms with Crippen molar-refractivity contribution in [1.82, 2.24) is 29.4 Å². The van der Waals surface area contributed by atoms with Crippen molar-refractivity contribution < 1.29 is 22.7 Å². The molecule has 2 fully saturated rings. The predicted octanol–water partition coefficient (Wildman–Crippen LogP) is 5.85. The number of benzene rings is 1. The van der Waals surface area contributed by atoms with E-state index in [1.54, 1.807) is 29.6 Å². The number of halogens is 3. The van der Waals surface area contributed by atoms with E-state index in [0.29, 0.717) is 53.6 Å². The first-order valence-corrected chi connectivity index (χ1v) is 14.5. The molecule has 0 spiro atoms. The van der Waals surface area contributed by atoms with Crippen LogP contribution in [0.2, 0.25) is 0 Å². The maximum Gasteiger partial charge on any atom is 0.393 e. The third-order valence-electron chi connectivity index (χ3n) is 8.00. The summed E-state index contributed by atoms with van der Waals surface area (Å²) in [6, 6.07) is 9.13. The van der Waals surface area contributed by atoms with Gasteiger partial charge in [-0.2, -0.15) is 13.2 Å². The Kier molecular flexibility index (Phi) is 8.26. The molecule has 2 atom stereocenters. The minimum absolute atomic E-state index is 0.0987. The van der Waals surface area contributed by atoms with Gasteiger partial charge in [0.25, 0.3) is 0 Å². The number of aromatic nitrogens is 5. The second kappa shape index (κ2) is 12.3. The van der Waals surface area contributed by atoms with Gasteiger partial charge in [-0.3, -0.25) is 14.3 Å². The molecule has 1 amide bonds. The molecule has 3 aromatic heterocycles. The molecule has 0 aliphatic carbocycles. The van der Waals surface area contributed by atoms with E-state index in [9.17, 15) is 18.0 Å². The molecule has 1 aromatic carbocycles. The minimum Gasteiger partial charge on any atom is -0.358 e. The van der Waals surface area contributed by atoms with E-state index in [4.69, 9.17) is 4.74 Å². The first-order chi connectivity index (χ1) is 20.8. The van der Waals surface area contributed by atoms with E-state index in [1.165, 1.54) is 6.33 Å². The number of likely N-dealkylation sites (tertiary alicyclic amines) is 1. The van der Waals surface area contributed by atoms with E-state index in [-0.39, 0.29) is 31.6 Å². The number of carbonyl (C=O) groups excluding carboxylic acids is 1. The molecule has 0 bridgehead atoms. The zero-order valence-corrected chi connectivity index (χ0v) is 23.8. The number of piperidine rings is 1. The fourth-order valence-corrected chi connectivity index (χ4v) is 5.73. The maximum absolute atomic E-state index is 13.2. The third-order valence-corrected chi connectivity index (χ3v) is 8.00. The lowest BCUT2D eigenvalue weighted by Crippen LogP contribution is -2.44. The number of ether oxygens (including phenoxy) is 1. The van der Waals surface area contributed by atoms with Crippen LogP contribution in [0, 0.1) is 12.8 Å². The number of fused-ring (bicyclic) bond motifs is 1. The molecule has 6 rings (SSSR count). The molecule has 0 radical (unpaired) electrons. The van der Waals surface area contributed by atoms with E-state index >= 15 is 0 Å². The molecule has 226 valence electrons. The second-order valence-corrected chi connectivity index (χ2v) is 11.1. The summed E-state index contributed by atoms with van der Waals surface area (Å²) in [5, 5.41) is 6.21. The van der Waals surface area contributed by atoms with Gasteiger partial charge in [0.15, 0.2) is 5.65 Å². The molecule has 4 aromatic rings. The third kappa shape index (κ3) is 6.47. The van der Waals surface area contributed by atoms with Gasteiger partial charge in [-0.25, -0.2) is 19.9 Å². The molecule has 2 aliphatic rings. The summed E-state index contributed by atoms with van der Waals surface area (Å²) in [6.45, 7) is 2.83. The Hall–Kier alpha value is -4.10. The van der Waals surface area contributed by atoms with Crippen LogP contribution in [0.15, 0.2) is 49.2 Å². The highest BCUT2D eigenvalue weighted by atomic mass is 19.4. The molecular weight excluding hydrogens is 561 g/mol. The van der Waals surface area contributed by atoms with E-state index in [2.05, 4.69) is 30.6 Å². The number of amides is 1. The van der Waals surface area contributed by atoms with Gasteiger partial charge in [-0.15, -0.1) is 0 Å². The first-order valence-electron chi connectivity index (χ1n) is 14.5. The zero-order chi connectivity index (χ0) is 30.0. The topological polar surface area (TPSA) is 110 Å². The molecular formula is C30H33F3N8O2. The van der Waals surface area contributed by atoms with Gasteiger partial charge in [0.2, 0.25) is 5.91 Å². The number of rotatable bonds is 7. The Balaban J connectivity index is 1.20. The highest BCUT2D eigenvalue weighted by Crippen LogP contribution is 2.35. The van der Waals surface area contributed by atoms with Crippen molar-refractivity contribution in [1.29, 1.82) is 0 Å². The quantitative estimate of drug-likeness (QED) is 0.274. The molecule has 2 unspecified atom stereocenters. The molecule has 10 nitrogen and oxygen atoms in total. The standard InChI is InChI=1S/C30H33F3N8O2/c1-19-9-10-21(38-24(42)16-40-12-5-6-20(15-40)30(31,32)33)14-23(19)39-28-22(7-4-11-34-28)26-27-29(36-17-35-26)41(18-37-27)25-8-2-3-13-43-25/h4,7,9-11,14,17-18,20,25H,2-3,5-6,8,12-13,15-16H2,1H3,(H,34,39)(H,38,42). The van der Waals surface area contributed by atoms with Crippen LogP contribution < -0.4 is 10.6 Å². The average Bonchev–Trinajstić information content (AvgIpc) is 3.44. The Morgan fingerprint density at radius 2 is 1.98 bits per heavy atom.